The van der Waals surface area contributed by atoms with E-state index in [-0.39, 0.29) is 11.9 Å². The number of hydrogen-bond acceptors (Lipinski definition) is 4. The van der Waals surface area contributed by atoms with Gasteiger partial charge in [-0.1, -0.05) is 0 Å². The largest absolute Gasteiger partial charge is 0.459 e. The molecule has 0 bridgehead atoms. The van der Waals surface area contributed by atoms with Crippen LogP contribution in [0.3, 0.4) is 0 Å². The molecule has 110 valence electrons. The highest BCUT2D eigenvalue weighted by Crippen LogP contribution is 2.31. The van der Waals surface area contributed by atoms with Crippen LogP contribution < -0.4 is 11.3 Å². The summed E-state index contributed by atoms with van der Waals surface area (Å²) >= 11 is 0. The van der Waals surface area contributed by atoms with Crippen molar-refractivity contribution in [3.63, 3.8) is 0 Å². The summed E-state index contributed by atoms with van der Waals surface area (Å²) in [6.07, 6.45) is 4.21. The molecule has 0 saturated carbocycles. The Balaban J connectivity index is 2.01. The SMILES string of the molecule is Cc1c(C(Cc2nccn2C)NN)oc2ccc(F)cc12. The number of rotatable bonds is 4. The summed E-state index contributed by atoms with van der Waals surface area (Å²) in [5, 5.41) is 0.769. The fourth-order valence-electron chi connectivity index (χ4n) is 2.55. The molecule has 0 radical (unpaired) electrons. The van der Waals surface area contributed by atoms with Gasteiger partial charge in [0.15, 0.2) is 0 Å². The Kier molecular flexibility index (Phi) is 3.48. The average Bonchev–Trinajstić information content (AvgIpc) is 3.01. The van der Waals surface area contributed by atoms with Gasteiger partial charge in [-0.3, -0.25) is 5.84 Å². The lowest BCUT2D eigenvalue weighted by molar-refractivity contribution is 0.423. The minimum absolute atomic E-state index is 0.221. The number of furan rings is 1. The molecular formula is C15H17FN4O. The van der Waals surface area contributed by atoms with Crippen LogP contribution in [0.15, 0.2) is 35.0 Å². The third-order valence-corrected chi connectivity index (χ3v) is 3.76. The van der Waals surface area contributed by atoms with Crippen LogP contribution >= 0.6 is 0 Å². The zero-order valence-corrected chi connectivity index (χ0v) is 11.9. The number of halogens is 1. The van der Waals surface area contributed by atoms with E-state index in [1.54, 1.807) is 12.3 Å². The van der Waals surface area contributed by atoms with E-state index in [9.17, 15) is 4.39 Å². The highest BCUT2D eigenvalue weighted by atomic mass is 19.1. The minimum atomic E-state index is -0.278. The van der Waals surface area contributed by atoms with E-state index >= 15 is 0 Å². The van der Waals surface area contributed by atoms with Gasteiger partial charge in [-0.05, 0) is 25.1 Å². The van der Waals surface area contributed by atoms with Gasteiger partial charge in [-0.25, -0.2) is 14.8 Å². The summed E-state index contributed by atoms with van der Waals surface area (Å²) in [7, 11) is 1.93. The van der Waals surface area contributed by atoms with Crippen LogP contribution in [0.25, 0.3) is 11.0 Å². The summed E-state index contributed by atoms with van der Waals surface area (Å²) < 4.78 is 21.2. The lowest BCUT2D eigenvalue weighted by Crippen LogP contribution is -2.30. The quantitative estimate of drug-likeness (QED) is 0.571. The summed E-state index contributed by atoms with van der Waals surface area (Å²) in [4.78, 5) is 4.29. The van der Waals surface area contributed by atoms with Gasteiger partial charge < -0.3 is 8.98 Å². The number of imidazole rings is 1. The van der Waals surface area contributed by atoms with Gasteiger partial charge in [0.1, 0.15) is 23.0 Å². The van der Waals surface area contributed by atoms with Gasteiger partial charge >= 0.3 is 0 Å². The van der Waals surface area contributed by atoms with Crippen LogP contribution in [0, 0.1) is 12.7 Å². The normalized spacial score (nSPS) is 13.0. The van der Waals surface area contributed by atoms with Gasteiger partial charge in [-0.2, -0.15) is 0 Å². The van der Waals surface area contributed by atoms with E-state index in [1.165, 1.54) is 12.1 Å². The fourth-order valence-corrected chi connectivity index (χ4v) is 2.55. The molecule has 2 heterocycles. The number of aromatic nitrogens is 2. The van der Waals surface area contributed by atoms with Crippen molar-refractivity contribution in [1.29, 1.82) is 0 Å². The van der Waals surface area contributed by atoms with Crippen molar-refractivity contribution in [1.82, 2.24) is 15.0 Å². The van der Waals surface area contributed by atoms with E-state index < -0.39 is 0 Å². The molecule has 0 aliphatic heterocycles. The van der Waals surface area contributed by atoms with E-state index in [1.807, 2.05) is 24.7 Å². The molecule has 0 fully saturated rings. The number of nitrogens with one attached hydrogen (secondary N) is 1. The summed E-state index contributed by atoms with van der Waals surface area (Å²) in [5.74, 6) is 6.99. The van der Waals surface area contributed by atoms with Gasteiger partial charge in [0.05, 0.1) is 6.04 Å². The molecule has 0 spiro atoms. The zero-order valence-electron chi connectivity index (χ0n) is 11.9. The monoisotopic (exact) mass is 288 g/mol. The molecule has 3 N–H and O–H groups in total. The van der Waals surface area contributed by atoms with Crippen LogP contribution in [0.2, 0.25) is 0 Å². The van der Waals surface area contributed by atoms with E-state index in [4.69, 9.17) is 10.3 Å². The molecule has 1 unspecified atom stereocenters. The van der Waals surface area contributed by atoms with Gasteiger partial charge in [0.2, 0.25) is 0 Å². The molecule has 6 heteroatoms. The summed E-state index contributed by atoms with van der Waals surface area (Å²) in [5.41, 5.74) is 4.31. The smallest absolute Gasteiger partial charge is 0.134 e. The molecule has 0 amide bonds. The van der Waals surface area contributed by atoms with Crippen molar-refractivity contribution in [2.24, 2.45) is 12.9 Å². The molecule has 1 aromatic carbocycles. The Morgan fingerprint density at radius 3 is 2.95 bits per heavy atom. The van der Waals surface area contributed by atoms with Gasteiger partial charge in [0.25, 0.3) is 0 Å². The highest BCUT2D eigenvalue weighted by Gasteiger charge is 2.21. The first-order valence-corrected chi connectivity index (χ1v) is 6.71. The Morgan fingerprint density at radius 2 is 2.29 bits per heavy atom. The van der Waals surface area contributed by atoms with Crippen LogP contribution in [0.4, 0.5) is 4.39 Å². The summed E-state index contributed by atoms with van der Waals surface area (Å²) in [6, 6.07) is 4.28. The van der Waals surface area contributed by atoms with E-state index in [0.717, 1.165) is 16.8 Å². The fraction of sp³-hybridized carbons (Fsp3) is 0.267. The minimum Gasteiger partial charge on any atom is -0.459 e. The first kappa shape index (κ1) is 13.8. The number of nitrogens with zero attached hydrogens (tertiary/aromatic N) is 2. The lowest BCUT2D eigenvalue weighted by atomic mass is 10.1. The topological polar surface area (TPSA) is 69.0 Å². The predicted octanol–water partition coefficient (Wildman–Crippen LogP) is 2.36. The third kappa shape index (κ3) is 2.43. The van der Waals surface area contributed by atoms with Crippen molar-refractivity contribution in [2.45, 2.75) is 19.4 Å². The number of benzene rings is 1. The van der Waals surface area contributed by atoms with Crippen molar-refractivity contribution >= 4 is 11.0 Å². The molecule has 5 nitrogen and oxygen atoms in total. The molecule has 0 saturated heterocycles. The third-order valence-electron chi connectivity index (χ3n) is 3.76. The van der Waals surface area contributed by atoms with E-state index in [0.29, 0.717) is 17.8 Å². The number of hydrazine groups is 1. The molecule has 0 aliphatic rings. The van der Waals surface area contributed by atoms with E-state index in [2.05, 4.69) is 10.4 Å². The first-order valence-electron chi connectivity index (χ1n) is 6.71. The number of aryl methyl sites for hydroxylation is 2. The molecule has 0 aliphatic carbocycles. The standard InChI is InChI=1S/C15H17FN4O/c1-9-11-7-10(16)3-4-13(11)21-15(9)12(19-17)8-14-18-5-6-20(14)2/h3-7,12,19H,8,17H2,1-2H3. The highest BCUT2D eigenvalue weighted by molar-refractivity contribution is 5.82. The van der Waals surface area contributed by atoms with Crippen LogP contribution in [-0.2, 0) is 13.5 Å². The predicted molar refractivity (Wildman–Crippen MR) is 77.9 cm³/mol. The first-order chi connectivity index (χ1) is 10.1. The number of fused-ring (bicyclic) bond motifs is 1. The van der Waals surface area contributed by atoms with Crippen molar-refractivity contribution in [3.8, 4) is 0 Å². The Hall–Kier alpha value is -2.18. The maximum atomic E-state index is 13.4. The molecule has 3 rings (SSSR count). The Morgan fingerprint density at radius 1 is 1.48 bits per heavy atom. The summed E-state index contributed by atoms with van der Waals surface area (Å²) in [6.45, 7) is 1.91. The molecule has 2 aromatic heterocycles. The average molecular weight is 288 g/mol. The second kappa shape index (κ2) is 5.31. The van der Waals surface area contributed by atoms with Crippen molar-refractivity contribution in [2.75, 3.05) is 0 Å². The van der Waals surface area contributed by atoms with Crippen LogP contribution in [-0.4, -0.2) is 9.55 Å². The second-order valence-electron chi connectivity index (χ2n) is 5.11. The van der Waals surface area contributed by atoms with Gasteiger partial charge in [-0.15, -0.1) is 0 Å². The molecular weight excluding hydrogens is 271 g/mol. The van der Waals surface area contributed by atoms with Crippen molar-refractivity contribution in [3.05, 3.63) is 53.6 Å². The number of nitrogens with two attached hydrogens (primary N) is 1. The Bertz CT molecular complexity index is 777. The molecule has 1 atom stereocenters. The number of hydrogen-bond donors (Lipinski definition) is 2. The maximum absolute atomic E-state index is 13.4. The van der Waals surface area contributed by atoms with Crippen molar-refractivity contribution < 1.29 is 8.81 Å². The Labute approximate surface area is 121 Å². The lowest BCUT2D eigenvalue weighted by Gasteiger charge is -2.14. The van der Waals surface area contributed by atoms with Gasteiger partial charge in [0, 0.05) is 36.8 Å². The zero-order chi connectivity index (χ0) is 15.0. The molecule has 21 heavy (non-hydrogen) atoms. The van der Waals surface area contributed by atoms with Crippen LogP contribution in [0.5, 0.6) is 0 Å². The van der Waals surface area contributed by atoms with Crippen LogP contribution in [0.1, 0.15) is 23.2 Å². The maximum Gasteiger partial charge on any atom is 0.134 e. The second-order valence-corrected chi connectivity index (χ2v) is 5.11. The molecule has 3 aromatic rings.